The van der Waals surface area contributed by atoms with Crippen molar-refractivity contribution in [3.8, 4) is 0 Å². The molecule has 0 amide bonds. The molecule has 0 aromatic heterocycles. The lowest BCUT2D eigenvalue weighted by Gasteiger charge is -2.40. The molecule has 0 spiro atoms. The van der Waals surface area contributed by atoms with E-state index in [-0.39, 0.29) is 11.0 Å². The topological polar surface area (TPSA) is 35.5 Å². The zero-order valence-corrected chi connectivity index (χ0v) is 15.6. The van der Waals surface area contributed by atoms with Crippen molar-refractivity contribution in [3.63, 3.8) is 0 Å². The van der Waals surface area contributed by atoms with Crippen molar-refractivity contribution in [1.82, 2.24) is 0 Å². The van der Waals surface area contributed by atoms with Gasteiger partial charge in [-0.3, -0.25) is 4.79 Å². The number of ether oxygens (including phenoxy) is 1. The number of carbonyl (C=O) groups excluding carboxylic acids is 1. The van der Waals surface area contributed by atoms with Gasteiger partial charge in [-0.25, -0.2) is 0 Å². The number of hydrogen-bond donors (Lipinski definition) is 0. The number of rotatable bonds is 6. The average molecular weight is 321 g/mol. The Morgan fingerprint density at radius 3 is 2.18 bits per heavy atom. The van der Waals surface area contributed by atoms with Crippen molar-refractivity contribution in [1.29, 1.82) is 0 Å². The molecule has 3 nitrogen and oxygen atoms in total. The molecule has 0 aliphatic carbocycles. The van der Waals surface area contributed by atoms with Gasteiger partial charge in [0.2, 0.25) is 0 Å². The van der Waals surface area contributed by atoms with E-state index in [4.69, 9.17) is 9.16 Å². The fourth-order valence-corrected chi connectivity index (χ4v) is 3.28. The maximum absolute atomic E-state index is 12.3. The zero-order chi connectivity index (χ0) is 17.0. The number of benzene rings is 1. The van der Waals surface area contributed by atoms with Crippen molar-refractivity contribution >= 4 is 14.3 Å². The van der Waals surface area contributed by atoms with Crippen molar-refractivity contribution in [2.24, 2.45) is 0 Å². The Hall–Kier alpha value is -1.39. The first kappa shape index (κ1) is 18.7. The molecule has 0 aliphatic rings. The highest BCUT2D eigenvalue weighted by molar-refractivity contribution is 6.74. The molecule has 0 fully saturated rings. The van der Waals surface area contributed by atoms with Gasteiger partial charge in [0.15, 0.2) is 8.32 Å². The smallest absolute Gasteiger partial charge is 0.316 e. The lowest BCUT2D eigenvalue weighted by Crippen LogP contribution is -2.46. The highest BCUT2D eigenvalue weighted by Crippen LogP contribution is 2.39. The van der Waals surface area contributed by atoms with Crippen LogP contribution in [0.1, 0.15) is 32.3 Å². The van der Waals surface area contributed by atoms with Crippen LogP contribution in [0.4, 0.5) is 0 Å². The molecule has 0 aliphatic heterocycles. The van der Waals surface area contributed by atoms with E-state index in [1.54, 1.807) is 6.08 Å². The van der Waals surface area contributed by atoms with Crippen LogP contribution in [-0.2, 0) is 14.0 Å². The summed E-state index contributed by atoms with van der Waals surface area (Å²) in [6.45, 7) is 14.7. The second-order valence-electron chi connectivity index (χ2n) is 6.99. The molecule has 0 bridgehead atoms. The van der Waals surface area contributed by atoms with E-state index in [0.29, 0.717) is 0 Å². The molecule has 0 N–H and O–H groups in total. The van der Waals surface area contributed by atoms with E-state index < -0.39 is 20.3 Å². The highest BCUT2D eigenvalue weighted by Gasteiger charge is 2.42. The summed E-state index contributed by atoms with van der Waals surface area (Å²) in [7, 11) is -0.615. The predicted octanol–water partition coefficient (Wildman–Crippen LogP) is 4.52. The maximum Gasteiger partial charge on any atom is 0.316 e. The van der Waals surface area contributed by atoms with Gasteiger partial charge in [-0.05, 0) is 23.7 Å². The quantitative estimate of drug-likeness (QED) is 0.439. The monoisotopic (exact) mass is 320 g/mol. The van der Waals surface area contributed by atoms with Gasteiger partial charge in [-0.2, -0.15) is 0 Å². The van der Waals surface area contributed by atoms with Gasteiger partial charge >= 0.3 is 5.97 Å². The minimum atomic E-state index is -2.02. The summed E-state index contributed by atoms with van der Waals surface area (Å²) in [5, 5.41) is 0.0611. The molecule has 1 aromatic carbocycles. The standard InChI is InChI=1S/C18H28O3Si/c1-8-15(21-22(6,7)18(2,3)4)16(17(19)20-5)14-12-10-9-11-13-14/h8-13,15-16H,1H2,2-7H3/t15-,16+/m1/s1. The Kier molecular flexibility index (Phi) is 6.14. The Morgan fingerprint density at radius 2 is 1.77 bits per heavy atom. The Labute approximate surface area is 135 Å². The second kappa shape index (κ2) is 7.25. The average Bonchev–Trinajstić information content (AvgIpc) is 2.46. The molecule has 1 rings (SSSR count). The van der Waals surface area contributed by atoms with Crippen LogP contribution >= 0.6 is 0 Å². The van der Waals surface area contributed by atoms with Gasteiger partial charge in [-0.1, -0.05) is 57.2 Å². The summed E-state index contributed by atoms with van der Waals surface area (Å²) < 4.78 is 11.4. The summed E-state index contributed by atoms with van der Waals surface area (Å²) in [5.74, 6) is -0.785. The highest BCUT2D eigenvalue weighted by atomic mass is 28.4. The van der Waals surface area contributed by atoms with E-state index in [2.05, 4.69) is 40.4 Å². The van der Waals surface area contributed by atoms with Crippen LogP contribution < -0.4 is 0 Å². The van der Waals surface area contributed by atoms with Crippen LogP contribution in [0, 0.1) is 0 Å². The third kappa shape index (κ3) is 4.30. The Balaban J connectivity index is 3.16. The molecule has 22 heavy (non-hydrogen) atoms. The lowest BCUT2D eigenvalue weighted by atomic mass is 9.93. The second-order valence-corrected chi connectivity index (χ2v) is 11.7. The van der Waals surface area contributed by atoms with Crippen molar-refractivity contribution in [2.45, 2.75) is 50.9 Å². The van der Waals surface area contributed by atoms with Gasteiger partial charge in [0, 0.05) is 0 Å². The van der Waals surface area contributed by atoms with Crippen molar-refractivity contribution < 1.29 is 14.0 Å². The number of hydrogen-bond acceptors (Lipinski definition) is 3. The summed E-state index contributed by atoms with van der Waals surface area (Å²) >= 11 is 0. The van der Waals surface area contributed by atoms with Crippen molar-refractivity contribution in [3.05, 3.63) is 48.6 Å². The SMILES string of the molecule is C=C[C@@H](O[Si](C)(C)C(C)(C)C)[C@@H](C(=O)OC)c1ccccc1. The van der Waals surface area contributed by atoms with Gasteiger partial charge in [0.1, 0.15) is 5.92 Å². The Bertz CT molecular complexity index is 503. The number of methoxy groups -OCH3 is 1. The van der Waals surface area contributed by atoms with Gasteiger partial charge < -0.3 is 9.16 Å². The van der Waals surface area contributed by atoms with Crippen LogP contribution in [0.3, 0.4) is 0 Å². The fraction of sp³-hybridized carbons (Fsp3) is 0.500. The molecular weight excluding hydrogens is 292 g/mol. The van der Waals surface area contributed by atoms with Crippen LogP contribution in [-0.4, -0.2) is 27.5 Å². The molecule has 0 radical (unpaired) electrons. The van der Waals surface area contributed by atoms with Gasteiger partial charge in [-0.15, -0.1) is 6.58 Å². The molecule has 0 saturated carbocycles. The van der Waals surface area contributed by atoms with Crippen LogP contribution in [0.2, 0.25) is 18.1 Å². The van der Waals surface area contributed by atoms with E-state index in [1.165, 1.54) is 7.11 Å². The summed E-state index contributed by atoms with van der Waals surface area (Å²) in [6, 6.07) is 9.60. The van der Waals surface area contributed by atoms with E-state index in [0.717, 1.165) is 5.56 Å². The first-order valence-electron chi connectivity index (χ1n) is 7.57. The lowest BCUT2D eigenvalue weighted by molar-refractivity contribution is -0.144. The Morgan fingerprint density at radius 1 is 1.23 bits per heavy atom. The van der Waals surface area contributed by atoms with E-state index >= 15 is 0 Å². The third-order valence-corrected chi connectivity index (χ3v) is 8.89. The first-order chi connectivity index (χ1) is 10.1. The molecule has 4 heteroatoms. The van der Waals surface area contributed by atoms with Gasteiger partial charge in [0.05, 0.1) is 13.2 Å². The molecular formula is C18H28O3Si. The molecule has 1 aromatic rings. The van der Waals surface area contributed by atoms with E-state index in [9.17, 15) is 4.79 Å². The van der Waals surface area contributed by atoms with Crippen LogP contribution in [0.5, 0.6) is 0 Å². The molecule has 2 atom stereocenters. The van der Waals surface area contributed by atoms with Crippen molar-refractivity contribution in [2.75, 3.05) is 7.11 Å². The summed E-state index contributed by atoms with van der Waals surface area (Å²) in [5.41, 5.74) is 0.887. The van der Waals surface area contributed by atoms with Crippen LogP contribution in [0.25, 0.3) is 0 Å². The minimum absolute atomic E-state index is 0.0611. The molecule has 0 unspecified atom stereocenters. The third-order valence-electron chi connectivity index (χ3n) is 4.41. The van der Waals surface area contributed by atoms with E-state index in [1.807, 2.05) is 30.3 Å². The maximum atomic E-state index is 12.3. The number of carbonyl (C=O) groups is 1. The summed E-state index contributed by atoms with van der Waals surface area (Å²) in [4.78, 5) is 12.3. The van der Waals surface area contributed by atoms with Gasteiger partial charge in [0.25, 0.3) is 0 Å². The first-order valence-corrected chi connectivity index (χ1v) is 10.5. The molecule has 122 valence electrons. The minimum Gasteiger partial charge on any atom is -0.468 e. The molecule has 0 heterocycles. The normalized spacial score (nSPS) is 15.0. The summed E-state index contributed by atoms with van der Waals surface area (Å²) in [6.07, 6.45) is 1.32. The zero-order valence-electron chi connectivity index (χ0n) is 14.6. The van der Waals surface area contributed by atoms with Crippen LogP contribution in [0.15, 0.2) is 43.0 Å². The predicted molar refractivity (Wildman–Crippen MR) is 93.5 cm³/mol. The number of esters is 1. The molecule has 0 saturated heterocycles. The fourth-order valence-electron chi connectivity index (χ4n) is 2.02. The largest absolute Gasteiger partial charge is 0.468 e.